The Balaban J connectivity index is 2.25. The Labute approximate surface area is 111 Å². The molecule has 0 fully saturated rings. The van der Waals surface area contributed by atoms with Crippen LogP contribution in [0.1, 0.15) is 5.56 Å². The fraction of sp³-hybridized carbons (Fsp3) is 0.0714. The van der Waals surface area contributed by atoms with Gasteiger partial charge in [-0.25, -0.2) is 0 Å². The molecule has 0 aliphatic rings. The third kappa shape index (κ3) is 2.60. The molecular weight excluding hydrogens is 246 g/mol. The van der Waals surface area contributed by atoms with E-state index in [1.165, 1.54) is 0 Å². The van der Waals surface area contributed by atoms with Gasteiger partial charge in [0.25, 0.3) is 0 Å². The Hall–Kier alpha value is -2.07. The van der Waals surface area contributed by atoms with Gasteiger partial charge in [0.15, 0.2) is 0 Å². The first kappa shape index (κ1) is 12.4. The standard InChI is InChI=1S/C14H13NO2S/c1-17-13-9-5-2-6-10(13)14(18)15-11-7-3-4-8-12(11)16/h2-9,16H,1H3,(H,15,18). The minimum Gasteiger partial charge on any atom is -0.506 e. The smallest absolute Gasteiger partial charge is 0.139 e. The minimum atomic E-state index is 0.162. The van der Waals surface area contributed by atoms with Gasteiger partial charge in [0.05, 0.1) is 18.4 Å². The van der Waals surface area contributed by atoms with E-state index in [0.717, 1.165) is 5.56 Å². The number of hydrogen-bond acceptors (Lipinski definition) is 3. The highest BCUT2D eigenvalue weighted by Crippen LogP contribution is 2.24. The summed E-state index contributed by atoms with van der Waals surface area (Å²) in [6, 6.07) is 14.4. The number of hydrogen-bond donors (Lipinski definition) is 2. The average molecular weight is 259 g/mol. The zero-order valence-electron chi connectivity index (χ0n) is 9.88. The number of rotatable bonds is 3. The van der Waals surface area contributed by atoms with Crippen LogP contribution in [0.4, 0.5) is 5.69 Å². The molecule has 0 saturated heterocycles. The summed E-state index contributed by atoms with van der Waals surface area (Å²) in [7, 11) is 1.60. The molecular formula is C14H13NO2S. The Kier molecular flexibility index (Phi) is 3.79. The molecule has 2 N–H and O–H groups in total. The predicted molar refractivity (Wildman–Crippen MR) is 76.4 cm³/mol. The summed E-state index contributed by atoms with van der Waals surface area (Å²) < 4.78 is 5.24. The van der Waals surface area contributed by atoms with Gasteiger partial charge in [-0.05, 0) is 24.3 Å². The number of ether oxygens (including phenoxy) is 1. The maximum Gasteiger partial charge on any atom is 0.139 e. The van der Waals surface area contributed by atoms with E-state index >= 15 is 0 Å². The molecule has 92 valence electrons. The van der Waals surface area contributed by atoms with Crippen LogP contribution in [0, 0.1) is 0 Å². The van der Waals surface area contributed by atoms with Crippen LogP contribution < -0.4 is 10.1 Å². The van der Waals surface area contributed by atoms with Crippen LogP contribution in [0.3, 0.4) is 0 Å². The maximum absolute atomic E-state index is 9.68. The molecule has 0 spiro atoms. The summed E-state index contributed by atoms with van der Waals surface area (Å²) in [5, 5.41) is 12.7. The van der Waals surface area contributed by atoms with Gasteiger partial charge in [-0.15, -0.1) is 0 Å². The summed E-state index contributed by atoms with van der Waals surface area (Å²) in [5.41, 5.74) is 1.37. The molecule has 2 aromatic carbocycles. The molecule has 0 amide bonds. The number of nitrogens with one attached hydrogen (secondary N) is 1. The first-order valence-corrected chi connectivity index (χ1v) is 5.85. The lowest BCUT2D eigenvalue weighted by Gasteiger charge is -2.12. The van der Waals surface area contributed by atoms with Crippen molar-refractivity contribution in [2.45, 2.75) is 0 Å². The maximum atomic E-state index is 9.68. The molecule has 18 heavy (non-hydrogen) atoms. The molecule has 0 heterocycles. The SMILES string of the molecule is COc1ccccc1C(=S)Nc1ccccc1O. The van der Waals surface area contributed by atoms with Crippen molar-refractivity contribution >= 4 is 22.9 Å². The Morgan fingerprint density at radius 1 is 1.11 bits per heavy atom. The van der Waals surface area contributed by atoms with Crippen molar-refractivity contribution in [3.8, 4) is 11.5 Å². The Morgan fingerprint density at radius 2 is 1.78 bits per heavy atom. The summed E-state index contributed by atoms with van der Waals surface area (Å²) in [4.78, 5) is 0.508. The van der Waals surface area contributed by atoms with Gasteiger partial charge in [0.2, 0.25) is 0 Å². The van der Waals surface area contributed by atoms with E-state index in [0.29, 0.717) is 16.4 Å². The second-order valence-electron chi connectivity index (χ2n) is 3.67. The number of aromatic hydroxyl groups is 1. The van der Waals surface area contributed by atoms with E-state index in [9.17, 15) is 5.11 Å². The van der Waals surface area contributed by atoms with E-state index in [1.54, 1.807) is 25.3 Å². The van der Waals surface area contributed by atoms with Crippen molar-refractivity contribution in [1.82, 2.24) is 0 Å². The molecule has 0 unspecified atom stereocenters. The molecule has 0 aliphatic heterocycles. The number of benzene rings is 2. The highest BCUT2D eigenvalue weighted by molar-refractivity contribution is 7.81. The Bertz CT molecular complexity index is 569. The number of phenolic OH excluding ortho intramolecular Hbond substituents is 1. The van der Waals surface area contributed by atoms with Crippen LogP contribution in [-0.2, 0) is 0 Å². The lowest BCUT2D eigenvalue weighted by atomic mass is 10.2. The number of para-hydroxylation sites is 3. The highest BCUT2D eigenvalue weighted by atomic mass is 32.1. The lowest BCUT2D eigenvalue weighted by Crippen LogP contribution is -2.11. The quantitative estimate of drug-likeness (QED) is 0.656. The van der Waals surface area contributed by atoms with Crippen LogP contribution >= 0.6 is 12.2 Å². The van der Waals surface area contributed by atoms with Crippen molar-refractivity contribution < 1.29 is 9.84 Å². The molecule has 2 aromatic rings. The van der Waals surface area contributed by atoms with Crippen molar-refractivity contribution in [2.75, 3.05) is 12.4 Å². The van der Waals surface area contributed by atoms with Crippen molar-refractivity contribution in [3.05, 3.63) is 54.1 Å². The monoisotopic (exact) mass is 259 g/mol. The minimum absolute atomic E-state index is 0.162. The number of thiocarbonyl (C=S) groups is 1. The number of anilines is 1. The topological polar surface area (TPSA) is 41.5 Å². The number of phenols is 1. The molecule has 0 bridgehead atoms. The highest BCUT2D eigenvalue weighted by Gasteiger charge is 2.09. The predicted octanol–water partition coefficient (Wildman–Crippen LogP) is 3.19. The third-order valence-corrected chi connectivity index (χ3v) is 2.83. The van der Waals surface area contributed by atoms with Crippen molar-refractivity contribution in [1.29, 1.82) is 0 Å². The number of methoxy groups -OCH3 is 1. The van der Waals surface area contributed by atoms with Crippen LogP contribution in [-0.4, -0.2) is 17.2 Å². The molecule has 2 rings (SSSR count). The van der Waals surface area contributed by atoms with Crippen molar-refractivity contribution in [2.24, 2.45) is 0 Å². The van der Waals surface area contributed by atoms with Gasteiger partial charge < -0.3 is 15.2 Å². The lowest BCUT2D eigenvalue weighted by molar-refractivity contribution is 0.414. The van der Waals surface area contributed by atoms with Gasteiger partial charge in [-0.2, -0.15) is 0 Å². The average Bonchev–Trinajstić information content (AvgIpc) is 2.41. The van der Waals surface area contributed by atoms with Crippen LogP contribution in [0.25, 0.3) is 0 Å². The molecule has 4 heteroatoms. The van der Waals surface area contributed by atoms with Gasteiger partial charge in [-0.3, -0.25) is 0 Å². The van der Waals surface area contributed by atoms with E-state index in [4.69, 9.17) is 17.0 Å². The summed E-state index contributed by atoms with van der Waals surface area (Å²) >= 11 is 5.31. The zero-order valence-corrected chi connectivity index (χ0v) is 10.7. The van der Waals surface area contributed by atoms with Crippen molar-refractivity contribution in [3.63, 3.8) is 0 Å². The third-order valence-electron chi connectivity index (χ3n) is 2.50. The molecule has 0 aliphatic carbocycles. The van der Waals surface area contributed by atoms with Gasteiger partial charge in [0, 0.05) is 0 Å². The summed E-state index contributed by atoms with van der Waals surface area (Å²) in [6.45, 7) is 0. The summed E-state index contributed by atoms with van der Waals surface area (Å²) in [6.07, 6.45) is 0. The molecule has 0 atom stereocenters. The largest absolute Gasteiger partial charge is 0.506 e. The molecule has 0 saturated carbocycles. The fourth-order valence-electron chi connectivity index (χ4n) is 1.60. The Morgan fingerprint density at radius 3 is 2.50 bits per heavy atom. The molecule has 0 aromatic heterocycles. The van der Waals surface area contributed by atoms with Crippen LogP contribution in [0.5, 0.6) is 11.5 Å². The van der Waals surface area contributed by atoms with Gasteiger partial charge in [-0.1, -0.05) is 36.5 Å². The van der Waals surface area contributed by atoms with E-state index in [1.807, 2.05) is 30.3 Å². The van der Waals surface area contributed by atoms with Gasteiger partial charge in [0.1, 0.15) is 16.5 Å². The summed E-state index contributed by atoms with van der Waals surface area (Å²) in [5.74, 6) is 0.861. The normalized spacial score (nSPS) is 9.83. The van der Waals surface area contributed by atoms with E-state index < -0.39 is 0 Å². The fourth-order valence-corrected chi connectivity index (χ4v) is 1.88. The first-order chi connectivity index (χ1) is 8.72. The second-order valence-corrected chi connectivity index (χ2v) is 4.08. The van der Waals surface area contributed by atoms with Crippen LogP contribution in [0.15, 0.2) is 48.5 Å². The van der Waals surface area contributed by atoms with E-state index in [-0.39, 0.29) is 5.75 Å². The van der Waals surface area contributed by atoms with Crippen LogP contribution in [0.2, 0.25) is 0 Å². The van der Waals surface area contributed by atoms with Gasteiger partial charge >= 0.3 is 0 Å². The molecule has 3 nitrogen and oxygen atoms in total. The first-order valence-electron chi connectivity index (χ1n) is 5.44. The molecule has 0 radical (unpaired) electrons. The second kappa shape index (κ2) is 5.51. The zero-order chi connectivity index (χ0) is 13.0. The van der Waals surface area contributed by atoms with E-state index in [2.05, 4.69) is 5.32 Å².